The van der Waals surface area contributed by atoms with Gasteiger partial charge in [-0.3, -0.25) is 4.79 Å². The molecule has 0 aromatic rings. The first-order valence-electron chi connectivity index (χ1n) is 8.14. The molecule has 0 spiro atoms. The summed E-state index contributed by atoms with van der Waals surface area (Å²) in [4.78, 5) is 12.2. The van der Waals surface area contributed by atoms with E-state index in [0.717, 1.165) is 25.0 Å². The predicted molar refractivity (Wildman–Crippen MR) is 90.6 cm³/mol. The summed E-state index contributed by atoms with van der Waals surface area (Å²) < 4.78 is 18.6. The van der Waals surface area contributed by atoms with E-state index in [1.165, 1.54) is 0 Å². The third-order valence-corrected chi connectivity index (χ3v) is 4.34. The van der Waals surface area contributed by atoms with Crippen LogP contribution in [-0.2, 0) is 9.53 Å². The number of halogens is 1. The lowest BCUT2D eigenvalue weighted by molar-refractivity contribution is -0.154. The fourth-order valence-electron chi connectivity index (χ4n) is 1.93. The summed E-state index contributed by atoms with van der Waals surface area (Å²) in [5.74, 6) is 1.25. The van der Waals surface area contributed by atoms with Gasteiger partial charge in [-0.1, -0.05) is 20.8 Å². The summed E-state index contributed by atoms with van der Waals surface area (Å²) in [5, 5.41) is -0.100. The number of alkyl halides is 1. The van der Waals surface area contributed by atoms with E-state index in [9.17, 15) is 9.18 Å². The lowest BCUT2D eigenvalue weighted by Gasteiger charge is -2.24. The lowest BCUT2D eigenvalue weighted by atomic mass is 10.1. The molecule has 0 rings (SSSR count). The van der Waals surface area contributed by atoms with Crippen molar-refractivity contribution in [3.05, 3.63) is 0 Å². The van der Waals surface area contributed by atoms with E-state index >= 15 is 0 Å². The summed E-state index contributed by atoms with van der Waals surface area (Å²) in [5.41, 5.74) is -0.435. The highest BCUT2D eigenvalue weighted by Crippen LogP contribution is 2.24. The number of carbonyl (C=O) groups is 1. The molecular weight excluding hydrogens is 287 g/mol. The van der Waals surface area contributed by atoms with Crippen molar-refractivity contribution in [3.63, 3.8) is 0 Å². The Balaban J connectivity index is 4.16. The van der Waals surface area contributed by atoms with Crippen LogP contribution in [0.15, 0.2) is 0 Å². The van der Waals surface area contributed by atoms with Gasteiger partial charge in [0.2, 0.25) is 0 Å². The lowest BCUT2D eigenvalue weighted by Crippen LogP contribution is -2.31. The highest BCUT2D eigenvalue weighted by molar-refractivity contribution is 8.00. The molecule has 2 unspecified atom stereocenters. The number of unbranched alkanes of at least 4 members (excludes halogenated alkanes) is 1. The van der Waals surface area contributed by atoms with Gasteiger partial charge in [-0.25, -0.2) is 4.39 Å². The van der Waals surface area contributed by atoms with E-state index in [0.29, 0.717) is 18.8 Å². The average molecular weight is 321 g/mol. The van der Waals surface area contributed by atoms with Gasteiger partial charge < -0.3 is 4.74 Å². The van der Waals surface area contributed by atoms with Gasteiger partial charge in [0, 0.05) is 0 Å². The molecular formula is C17H33FO2S. The van der Waals surface area contributed by atoms with Crippen molar-refractivity contribution >= 4 is 17.7 Å². The largest absolute Gasteiger partial charge is 0.459 e. The van der Waals surface area contributed by atoms with Crippen LogP contribution in [0, 0.1) is 5.92 Å². The van der Waals surface area contributed by atoms with Gasteiger partial charge in [-0.2, -0.15) is 0 Å². The molecule has 2 atom stereocenters. The molecule has 21 heavy (non-hydrogen) atoms. The van der Waals surface area contributed by atoms with Gasteiger partial charge >= 0.3 is 5.97 Å². The van der Waals surface area contributed by atoms with Crippen LogP contribution >= 0.6 is 11.8 Å². The molecule has 0 aliphatic carbocycles. The minimum atomic E-state index is -0.674. The highest BCUT2D eigenvalue weighted by Gasteiger charge is 2.26. The summed E-state index contributed by atoms with van der Waals surface area (Å²) in [6.45, 7) is 11.8. The number of thioether (sulfide) groups is 1. The number of hydrogen-bond donors (Lipinski definition) is 0. The third-order valence-electron chi connectivity index (χ3n) is 3.03. The normalized spacial score (nSPS) is 15.0. The van der Waals surface area contributed by atoms with Gasteiger partial charge in [-0.15, -0.1) is 11.8 Å². The number of esters is 1. The molecule has 0 aliphatic rings. The van der Waals surface area contributed by atoms with Crippen molar-refractivity contribution in [3.8, 4) is 0 Å². The zero-order chi connectivity index (χ0) is 16.5. The molecule has 0 saturated heterocycles. The molecule has 126 valence electrons. The molecule has 0 heterocycles. The van der Waals surface area contributed by atoms with E-state index < -0.39 is 11.8 Å². The van der Waals surface area contributed by atoms with Crippen molar-refractivity contribution in [2.24, 2.45) is 5.92 Å². The first kappa shape index (κ1) is 20.8. The second-order valence-corrected chi connectivity index (χ2v) is 8.33. The zero-order valence-corrected chi connectivity index (χ0v) is 15.4. The fraction of sp³-hybridized carbons (Fsp3) is 0.941. The van der Waals surface area contributed by atoms with Gasteiger partial charge in [0.05, 0.1) is 6.17 Å². The first-order valence-corrected chi connectivity index (χ1v) is 9.19. The average Bonchev–Trinajstić information content (AvgIpc) is 2.34. The van der Waals surface area contributed by atoms with E-state index in [1.807, 2.05) is 27.7 Å². The molecule has 0 radical (unpaired) electrons. The van der Waals surface area contributed by atoms with Crippen molar-refractivity contribution in [1.82, 2.24) is 0 Å². The molecule has 2 nitrogen and oxygen atoms in total. The zero-order valence-electron chi connectivity index (χ0n) is 14.6. The van der Waals surface area contributed by atoms with E-state index in [-0.39, 0.29) is 11.2 Å². The van der Waals surface area contributed by atoms with Gasteiger partial charge in [0.15, 0.2) is 0 Å². The predicted octanol–water partition coefficient (Wildman–Crippen LogP) is 5.39. The highest BCUT2D eigenvalue weighted by atomic mass is 32.2. The Hall–Kier alpha value is -0.250. The first-order chi connectivity index (χ1) is 9.65. The Morgan fingerprint density at radius 2 is 1.86 bits per heavy atom. The van der Waals surface area contributed by atoms with Crippen LogP contribution in [0.1, 0.15) is 73.6 Å². The number of ether oxygens (including phenoxy) is 1. The molecule has 0 aromatic heterocycles. The van der Waals surface area contributed by atoms with Crippen LogP contribution in [0.3, 0.4) is 0 Å². The summed E-state index contributed by atoms with van der Waals surface area (Å²) in [7, 11) is 0. The topological polar surface area (TPSA) is 26.3 Å². The van der Waals surface area contributed by atoms with E-state index in [1.54, 1.807) is 11.8 Å². The summed E-state index contributed by atoms with van der Waals surface area (Å²) in [6, 6.07) is 0. The Morgan fingerprint density at radius 1 is 1.24 bits per heavy atom. The molecule has 0 aromatic carbocycles. The Bertz CT molecular complexity index is 287. The van der Waals surface area contributed by atoms with Crippen molar-refractivity contribution in [2.45, 2.75) is 90.7 Å². The Labute approximate surface area is 134 Å². The number of hydrogen-bond acceptors (Lipinski definition) is 3. The molecule has 0 aliphatic heterocycles. The molecule has 0 fully saturated rings. The van der Waals surface area contributed by atoms with Crippen LogP contribution in [0.2, 0.25) is 0 Å². The fourth-order valence-corrected chi connectivity index (χ4v) is 3.29. The maximum atomic E-state index is 13.1. The summed E-state index contributed by atoms with van der Waals surface area (Å²) in [6.07, 6.45) is 3.25. The second-order valence-electron chi connectivity index (χ2n) is 7.02. The molecule has 0 saturated carbocycles. The summed E-state index contributed by atoms with van der Waals surface area (Å²) >= 11 is 1.66. The van der Waals surface area contributed by atoms with Crippen molar-refractivity contribution < 1.29 is 13.9 Å². The Morgan fingerprint density at radius 3 is 2.33 bits per heavy atom. The van der Waals surface area contributed by atoms with E-state index in [4.69, 9.17) is 4.74 Å². The van der Waals surface area contributed by atoms with Crippen LogP contribution in [0.4, 0.5) is 4.39 Å². The molecule has 0 amide bonds. The van der Waals surface area contributed by atoms with Crippen LogP contribution < -0.4 is 0 Å². The third kappa shape index (κ3) is 12.0. The van der Waals surface area contributed by atoms with Crippen LogP contribution in [-0.4, -0.2) is 28.7 Å². The van der Waals surface area contributed by atoms with E-state index in [2.05, 4.69) is 13.8 Å². The minimum absolute atomic E-state index is 0.100. The molecule has 0 N–H and O–H groups in total. The van der Waals surface area contributed by atoms with Gasteiger partial charge in [0.25, 0.3) is 0 Å². The van der Waals surface area contributed by atoms with Gasteiger partial charge in [0.1, 0.15) is 10.9 Å². The molecule has 4 heteroatoms. The monoisotopic (exact) mass is 320 g/mol. The quantitative estimate of drug-likeness (QED) is 0.398. The van der Waals surface area contributed by atoms with Gasteiger partial charge in [-0.05, 0) is 64.5 Å². The Kier molecular flexibility index (Phi) is 10.3. The van der Waals surface area contributed by atoms with Crippen molar-refractivity contribution in [2.75, 3.05) is 5.75 Å². The van der Waals surface area contributed by atoms with Crippen LogP contribution in [0.25, 0.3) is 0 Å². The standard InChI is InChI=1S/C17H33FO2S/c1-7-14(18)10-8-9-11-21-15(12-13(2)3)16(19)20-17(4,5)6/h13-15H,7-12H2,1-6H3. The van der Waals surface area contributed by atoms with Crippen LogP contribution in [0.5, 0.6) is 0 Å². The maximum Gasteiger partial charge on any atom is 0.319 e. The number of carbonyl (C=O) groups excluding carboxylic acids is 1. The minimum Gasteiger partial charge on any atom is -0.459 e. The SMILES string of the molecule is CCC(F)CCCCSC(CC(C)C)C(=O)OC(C)(C)C. The van der Waals surface area contributed by atoms with Crippen molar-refractivity contribution in [1.29, 1.82) is 0 Å². The number of rotatable bonds is 10. The molecule has 0 bridgehead atoms. The second kappa shape index (κ2) is 10.5. The maximum absolute atomic E-state index is 13.1. The smallest absolute Gasteiger partial charge is 0.319 e.